The number of fused-ring (bicyclic) bond motifs is 1. The Hall–Kier alpha value is -1.87. The normalized spacial score (nSPS) is 18.3. The molecule has 2 aromatic carbocycles. The van der Waals surface area contributed by atoms with E-state index in [1.165, 1.54) is 59.0 Å². The molecule has 0 bridgehead atoms. The Labute approximate surface area is 142 Å². The monoisotopic (exact) mass is 322 g/mol. The zero-order valence-corrected chi connectivity index (χ0v) is 14.0. The first-order chi connectivity index (χ1) is 11.4. The second kappa shape index (κ2) is 6.71. The molecule has 1 aliphatic heterocycles. The highest BCUT2D eigenvalue weighted by molar-refractivity contribution is 8.03. The van der Waals surface area contributed by atoms with Crippen LogP contribution in [0.5, 0.6) is 0 Å². The van der Waals surface area contributed by atoms with Crippen molar-refractivity contribution in [1.29, 1.82) is 0 Å². The van der Waals surface area contributed by atoms with Gasteiger partial charge in [0.1, 0.15) is 0 Å². The SMILES string of the molecule is c1ccc(C2=C(NC3CCCCC3)Sc3ccccc3N2)cc1. The quantitative estimate of drug-likeness (QED) is 0.785. The van der Waals surface area contributed by atoms with E-state index in [9.17, 15) is 0 Å². The highest BCUT2D eigenvalue weighted by Gasteiger charge is 2.22. The van der Waals surface area contributed by atoms with Crippen molar-refractivity contribution in [3.63, 3.8) is 0 Å². The second-order valence-electron chi connectivity index (χ2n) is 6.27. The van der Waals surface area contributed by atoms with Gasteiger partial charge in [-0.25, -0.2) is 0 Å². The molecular weight excluding hydrogens is 300 g/mol. The summed E-state index contributed by atoms with van der Waals surface area (Å²) in [5.41, 5.74) is 3.65. The summed E-state index contributed by atoms with van der Waals surface area (Å²) in [5.74, 6) is 0. The largest absolute Gasteiger partial charge is 0.375 e. The van der Waals surface area contributed by atoms with Crippen molar-refractivity contribution in [2.75, 3.05) is 5.32 Å². The summed E-state index contributed by atoms with van der Waals surface area (Å²) in [6.07, 6.45) is 6.65. The van der Waals surface area contributed by atoms with Crippen LogP contribution in [-0.2, 0) is 0 Å². The Morgan fingerprint density at radius 1 is 0.870 bits per heavy atom. The molecule has 2 nitrogen and oxygen atoms in total. The molecule has 0 saturated heterocycles. The molecule has 0 unspecified atom stereocenters. The lowest BCUT2D eigenvalue weighted by molar-refractivity contribution is 0.402. The molecule has 1 aliphatic carbocycles. The molecule has 4 rings (SSSR count). The molecule has 0 atom stereocenters. The Morgan fingerprint density at radius 3 is 2.43 bits per heavy atom. The Kier molecular flexibility index (Phi) is 4.29. The van der Waals surface area contributed by atoms with Crippen molar-refractivity contribution in [2.45, 2.75) is 43.0 Å². The van der Waals surface area contributed by atoms with Crippen LogP contribution in [0, 0.1) is 0 Å². The van der Waals surface area contributed by atoms with Gasteiger partial charge >= 0.3 is 0 Å². The van der Waals surface area contributed by atoms with E-state index in [1.807, 2.05) is 11.8 Å². The minimum atomic E-state index is 0.608. The third-order valence-corrected chi connectivity index (χ3v) is 5.69. The van der Waals surface area contributed by atoms with E-state index in [0.29, 0.717) is 6.04 Å². The number of anilines is 1. The molecule has 1 fully saturated rings. The van der Waals surface area contributed by atoms with Crippen molar-refractivity contribution < 1.29 is 0 Å². The van der Waals surface area contributed by atoms with Gasteiger partial charge in [0.05, 0.1) is 16.4 Å². The van der Waals surface area contributed by atoms with Crippen LogP contribution in [0.15, 0.2) is 64.5 Å². The molecule has 0 radical (unpaired) electrons. The fourth-order valence-corrected chi connectivity index (χ4v) is 4.45. The lowest BCUT2D eigenvalue weighted by Crippen LogP contribution is -2.31. The van der Waals surface area contributed by atoms with Crippen molar-refractivity contribution in [3.8, 4) is 0 Å². The average molecular weight is 322 g/mol. The fraction of sp³-hybridized carbons (Fsp3) is 0.300. The highest BCUT2D eigenvalue weighted by atomic mass is 32.2. The van der Waals surface area contributed by atoms with Crippen molar-refractivity contribution in [2.24, 2.45) is 0 Å². The standard InChI is InChI=1S/C20H22N2S/c1-3-9-15(10-4-1)19-20(21-16-11-5-2-6-12-16)23-18-14-8-7-13-17(18)22-19/h1,3-4,7-10,13-14,16,21-22H,2,5-6,11-12H2. The first kappa shape index (κ1) is 14.7. The first-order valence-corrected chi connectivity index (χ1v) is 9.32. The summed E-state index contributed by atoms with van der Waals surface area (Å²) >= 11 is 1.86. The lowest BCUT2D eigenvalue weighted by atomic mass is 9.95. The van der Waals surface area contributed by atoms with Crippen LogP contribution in [0.25, 0.3) is 5.70 Å². The van der Waals surface area contributed by atoms with Crippen molar-refractivity contribution >= 4 is 23.1 Å². The second-order valence-corrected chi connectivity index (χ2v) is 7.32. The predicted octanol–water partition coefficient (Wildman–Crippen LogP) is 5.45. The number of rotatable bonds is 3. The van der Waals surface area contributed by atoms with Gasteiger partial charge < -0.3 is 10.6 Å². The zero-order valence-electron chi connectivity index (χ0n) is 13.2. The molecule has 1 saturated carbocycles. The van der Waals surface area contributed by atoms with E-state index in [4.69, 9.17) is 0 Å². The summed E-state index contributed by atoms with van der Waals surface area (Å²) in [6.45, 7) is 0. The van der Waals surface area contributed by atoms with Gasteiger partial charge in [-0.1, -0.05) is 73.5 Å². The number of hydrogen-bond donors (Lipinski definition) is 2. The van der Waals surface area contributed by atoms with Crippen molar-refractivity contribution in [1.82, 2.24) is 5.32 Å². The molecule has 0 amide bonds. The topological polar surface area (TPSA) is 24.1 Å². The van der Waals surface area contributed by atoms with Crippen LogP contribution in [0.1, 0.15) is 37.7 Å². The third kappa shape index (κ3) is 3.25. The predicted molar refractivity (Wildman–Crippen MR) is 99.3 cm³/mol. The van der Waals surface area contributed by atoms with E-state index in [-0.39, 0.29) is 0 Å². The van der Waals surface area contributed by atoms with Gasteiger partial charge in [0, 0.05) is 16.5 Å². The summed E-state index contributed by atoms with van der Waals surface area (Å²) in [7, 11) is 0. The maximum atomic E-state index is 3.83. The van der Waals surface area contributed by atoms with Crippen LogP contribution in [0.2, 0.25) is 0 Å². The Balaban J connectivity index is 1.68. The Morgan fingerprint density at radius 2 is 1.61 bits per heavy atom. The zero-order chi connectivity index (χ0) is 15.5. The number of nitrogens with one attached hydrogen (secondary N) is 2. The van der Waals surface area contributed by atoms with E-state index in [1.54, 1.807) is 0 Å². The highest BCUT2D eigenvalue weighted by Crippen LogP contribution is 2.41. The number of para-hydroxylation sites is 1. The molecule has 2 N–H and O–H groups in total. The first-order valence-electron chi connectivity index (χ1n) is 8.50. The van der Waals surface area contributed by atoms with E-state index < -0.39 is 0 Å². The molecule has 2 aliphatic rings. The average Bonchev–Trinajstić information content (AvgIpc) is 2.63. The van der Waals surface area contributed by atoms with Crippen LogP contribution in [0.4, 0.5) is 5.69 Å². The Bertz CT molecular complexity index is 703. The molecule has 0 spiro atoms. The number of hydrogen-bond acceptors (Lipinski definition) is 3. The molecular formula is C20H22N2S. The van der Waals surface area contributed by atoms with Crippen LogP contribution in [-0.4, -0.2) is 6.04 Å². The summed E-state index contributed by atoms with van der Waals surface area (Å²) in [6, 6.07) is 19.8. The van der Waals surface area contributed by atoms with Gasteiger partial charge in [0.15, 0.2) is 0 Å². The number of benzene rings is 2. The van der Waals surface area contributed by atoms with Crippen LogP contribution < -0.4 is 10.6 Å². The minimum Gasteiger partial charge on any atom is -0.375 e. The maximum Gasteiger partial charge on any atom is 0.0978 e. The molecule has 3 heteroatoms. The fourth-order valence-electron chi connectivity index (χ4n) is 3.35. The summed E-state index contributed by atoms with van der Waals surface area (Å²) in [5, 5.41) is 8.74. The third-order valence-electron chi connectivity index (χ3n) is 4.59. The van der Waals surface area contributed by atoms with Crippen LogP contribution >= 0.6 is 11.8 Å². The smallest absolute Gasteiger partial charge is 0.0978 e. The van der Waals surface area contributed by atoms with Crippen molar-refractivity contribution in [3.05, 3.63) is 65.2 Å². The molecule has 2 aromatic rings. The minimum absolute atomic E-state index is 0.608. The van der Waals surface area contributed by atoms with Gasteiger partial charge in [-0.15, -0.1) is 0 Å². The molecule has 23 heavy (non-hydrogen) atoms. The van der Waals surface area contributed by atoms with Crippen LogP contribution in [0.3, 0.4) is 0 Å². The summed E-state index contributed by atoms with van der Waals surface area (Å²) < 4.78 is 0. The van der Waals surface area contributed by atoms with Gasteiger partial charge in [0.2, 0.25) is 0 Å². The molecule has 1 heterocycles. The number of thioether (sulfide) groups is 1. The van der Waals surface area contributed by atoms with Gasteiger partial charge in [0.25, 0.3) is 0 Å². The van der Waals surface area contributed by atoms with Gasteiger partial charge in [-0.05, 0) is 25.0 Å². The molecule has 0 aromatic heterocycles. The molecule has 118 valence electrons. The summed E-state index contributed by atoms with van der Waals surface area (Å²) in [4.78, 5) is 1.30. The van der Waals surface area contributed by atoms with E-state index in [0.717, 1.165) is 0 Å². The van der Waals surface area contributed by atoms with Gasteiger partial charge in [-0.3, -0.25) is 0 Å². The lowest BCUT2D eigenvalue weighted by Gasteiger charge is -2.30. The van der Waals surface area contributed by atoms with Gasteiger partial charge in [-0.2, -0.15) is 0 Å². The maximum absolute atomic E-state index is 3.83. The van der Waals surface area contributed by atoms with E-state index in [2.05, 4.69) is 65.2 Å². The van der Waals surface area contributed by atoms with E-state index >= 15 is 0 Å².